The zero-order chi connectivity index (χ0) is 32.6. The van der Waals surface area contributed by atoms with Gasteiger partial charge in [-0.1, -0.05) is 68.7 Å². The van der Waals surface area contributed by atoms with Crippen molar-refractivity contribution in [3.8, 4) is 11.5 Å². The van der Waals surface area contributed by atoms with E-state index in [-0.39, 0.29) is 6.42 Å². The molecule has 240 valence electrons. The first-order valence-corrected chi connectivity index (χ1v) is 15.9. The number of anilines is 2. The van der Waals surface area contributed by atoms with Crippen LogP contribution in [0.1, 0.15) is 75.5 Å². The van der Waals surface area contributed by atoms with Gasteiger partial charge in [-0.15, -0.1) is 0 Å². The van der Waals surface area contributed by atoms with Crippen LogP contribution in [0.15, 0.2) is 66.7 Å². The van der Waals surface area contributed by atoms with Gasteiger partial charge in [0.1, 0.15) is 11.7 Å². The SMILES string of the molecule is CCCCCCOc1ccc(C2C(C(=O)Nc3ccccc3C)C(=O)CC(C)(O)C2C(=O)Nc2ccccc2C)cc1OCC. The monoisotopic (exact) mass is 614 g/mol. The van der Waals surface area contributed by atoms with Crippen LogP contribution in [0, 0.1) is 25.7 Å². The van der Waals surface area contributed by atoms with Crippen molar-refractivity contribution in [2.45, 2.75) is 78.2 Å². The lowest BCUT2D eigenvalue weighted by atomic mass is 9.61. The van der Waals surface area contributed by atoms with Crippen LogP contribution in [0.2, 0.25) is 0 Å². The highest BCUT2D eigenvalue weighted by Crippen LogP contribution is 2.48. The summed E-state index contributed by atoms with van der Waals surface area (Å²) in [5.74, 6) is -3.82. The van der Waals surface area contributed by atoms with Gasteiger partial charge < -0.3 is 25.2 Å². The number of hydrogen-bond donors (Lipinski definition) is 3. The predicted molar refractivity (Wildman–Crippen MR) is 177 cm³/mol. The molecule has 1 saturated carbocycles. The van der Waals surface area contributed by atoms with E-state index in [2.05, 4.69) is 17.6 Å². The largest absolute Gasteiger partial charge is 0.490 e. The van der Waals surface area contributed by atoms with Crippen molar-refractivity contribution >= 4 is 29.0 Å². The van der Waals surface area contributed by atoms with Crippen molar-refractivity contribution in [1.82, 2.24) is 0 Å². The summed E-state index contributed by atoms with van der Waals surface area (Å²) in [5, 5.41) is 17.6. The highest BCUT2D eigenvalue weighted by Gasteiger charge is 2.56. The Labute approximate surface area is 266 Å². The third-order valence-corrected chi connectivity index (χ3v) is 8.55. The number of ketones is 1. The summed E-state index contributed by atoms with van der Waals surface area (Å²) >= 11 is 0. The van der Waals surface area contributed by atoms with Gasteiger partial charge >= 0.3 is 0 Å². The maximum absolute atomic E-state index is 14.1. The minimum Gasteiger partial charge on any atom is -0.490 e. The Morgan fingerprint density at radius 2 is 1.47 bits per heavy atom. The average molecular weight is 615 g/mol. The van der Waals surface area contributed by atoms with E-state index in [1.54, 1.807) is 36.4 Å². The molecule has 2 amide bonds. The normalized spacial score (nSPS) is 21.2. The molecule has 0 aromatic heterocycles. The van der Waals surface area contributed by atoms with Crippen LogP contribution in [-0.4, -0.2) is 41.5 Å². The Morgan fingerprint density at radius 1 is 0.844 bits per heavy atom. The fourth-order valence-electron chi connectivity index (χ4n) is 6.17. The van der Waals surface area contributed by atoms with Gasteiger partial charge in [0.25, 0.3) is 0 Å². The number of benzene rings is 3. The number of carbonyl (C=O) groups excluding carboxylic acids is 3. The lowest BCUT2D eigenvalue weighted by molar-refractivity contribution is -0.150. The molecule has 1 aliphatic rings. The van der Waals surface area contributed by atoms with Gasteiger partial charge in [0, 0.05) is 23.7 Å². The van der Waals surface area contributed by atoms with Crippen LogP contribution < -0.4 is 20.1 Å². The van der Waals surface area contributed by atoms with Gasteiger partial charge in [0.05, 0.1) is 24.7 Å². The molecule has 1 fully saturated rings. The second-order valence-corrected chi connectivity index (χ2v) is 12.1. The molecule has 0 saturated heterocycles. The molecule has 4 atom stereocenters. The molecule has 0 heterocycles. The van der Waals surface area contributed by atoms with E-state index in [9.17, 15) is 19.5 Å². The van der Waals surface area contributed by atoms with Crippen molar-refractivity contribution in [2.75, 3.05) is 23.8 Å². The van der Waals surface area contributed by atoms with Crippen molar-refractivity contribution in [1.29, 1.82) is 0 Å². The van der Waals surface area contributed by atoms with Crippen molar-refractivity contribution in [3.05, 3.63) is 83.4 Å². The van der Waals surface area contributed by atoms with E-state index < -0.39 is 41.0 Å². The Hall–Kier alpha value is -4.17. The van der Waals surface area contributed by atoms with Crippen molar-refractivity contribution in [2.24, 2.45) is 11.8 Å². The quantitative estimate of drug-likeness (QED) is 0.141. The Kier molecular flexibility index (Phi) is 11.4. The van der Waals surface area contributed by atoms with Gasteiger partial charge in [-0.3, -0.25) is 14.4 Å². The average Bonchev–Trinajstić information content (AvgIpc) is 2.99. The molecule has 3 aromatic carbocycles. The van der Waals surface area contributed by atoms with E-state index in [1.165, 1.54) is 6.92 Å². The molecule has 4 rings (SSSR count). The Morgan fingerprint density at radius 3 is 2.07 bits per heavy atom. The van der Waals surface area contributed by atoms with Crippen LogP contribution in [0.5, 0.6) is 11.5 Å². The Balaban J connectivity index is 1.78. The summed E-state index contributed by atoms with van der Waals surface area (Å²) in [6.45, 7) is 10.2. The van der Waals surface area contributed by atoms with Crippen LogP contribution in [0.25, 0.3) is 0 Å². The molecular formula is C37H46N2O6. The number of Topliss-reactive ketones (excluding diaryl/α,β-unsaturated/α-hetero) is 1. The minimum atomic E-state index is -1.73. The number of aliphatic hydroxyl groups is 1. The van der Waals surface area contributed by atoms with Gasteiger partial charge in [-0.2, -0.15) is 0 Å². The zero-order valence-corrected chi connectivity index (χ0v) is 27.0. The predicted octanol–water partition coefficient (Wildman–Crippen LogP) is 6.98. The first kappa shape index (κ1) is 33.7. The summed E-state index contributed by atoms with van der Waals surface area (Å²) in [5.41, 5.74) is 1.66. The molecule has 45 heavy (non-hydrogen) atoms. The second-order valence-electron chi connectivity index (χ2n) is 12.1. The summed E-state index contributed by atoms with van der Waals surface area (Å²) in [7, 11) is 0. The smallest absolute Gasteiger partial charge is 0.235 e. The van der Waals surface area contributed by atoms with Crippen LogP contribution >= 0.6 is 0 Å². The zero-order valence-electron chi connectivity index (χ0n) is 27.0. The molecule has 3 N–H and O–H groups in total. The fraction of sp³-hybridized carbons (Fsp3) is 0.432. The number of nitrogens with one attached hydrogen (secondary N) is 2. The summed E-state index contributed by atoms with van der Waals surface area (Å²) in [4.78, 5) is 41.9. The number of ether oxygens (including phenoxy) is 2. The molecule has 0 aliphatic heterocycles. The number of rotatable bonds is 13. The van der Waals surface area contributed by atoms with Crippen molar-refractivity contribution < 1.29 is 29.0 Å². The number of aryl methyl sites for hydroxylation is 2. The van der Waals surface area contributed by atoms with Crippen LogP contribution in [-0.2, 0) is 14.4 Å². The topological polar surface area (TPSA) is 114 Å². The third-order valence-electron chi connectivity index (χ3n) is 8.55. The molecule has 8 nitrogen and oxygen atoms in total. The van der Waals surface area contributed by atoms with E-state index >= 15 is 0 Å². The summed E-state index contributed by atoms with van der Waals surface area (Å²) in [6.07, 6.45) is 3.88. The van der Waals surface area contributed by atoms with Crippen molar-refractivity contribution in [3.63, 3.8) is 0 Å². The first-order valence-electron chi connectivity index (χ1n) is 15.9. The molecule has 8 heteroatoms. The van der Waals surface area contributed by atoms with E-state index in [1.807, 2.05) is 51.1 Å². The number of unbranched alkanes of at least 4 members (excludes halogenated alkanes) is 3. The lowest BCUT2D eigenvalue weighted by Crippen LogP contribution is -2.56. The standard InChI is InChI=1S/C37H46N2O6/c1-6-8-9-14-21-45-30-20-19-26(22-31(30)44-7-2)32-33(35(41)38-27-17-12-10-15-24(27)3)29(40)23-37(5,43)34(32)36(42)39-28-18-13-11-16-25(28)4/h10-13,15-20,22,32-34,43H,6-9,14,21,23H2,1-5H3,(H,38,41)(H,39,42). The lowest BCUT2D eigenvalue weighted by Gasteiger charge is -2.44. The second kappa shape index (κ2) is 15.2. The molecule has 0 radical (unpaired) electrons. The maximum atomic E-state index is 14.1. The molecule has 1 aliphatic carbocycles. The molecule has 4 unspecified atom stereocenters. The van der Waals surface area contributed by atoms with E-state index in [0.717, 1.165) is 36.8 Å². The number of hydrogen-bond acceptors (Lipinski definition) is 6. The van der Waals surface area contributed by atoms with Gasteiger partial charge in [0.15, 0.2) is 11.5 Å². The molecular weight excluding hydrogens is 568 g/mol. The van der Waals surface area contributed by atoms with Crippen LogP contribution in [0.4, 0.5) is 11.4 Å². The van der Waals surface area contributed by atoms with Gasteiger partial charge in [-0.25, -0.2) is 0 Å². The summed E-state index contributed by atoms with van der Waals surface area (Å²) in [6, 6.07) is 19.9. The molecule has 0 bridgehead atoms. The molecule has 3 aromatic rings. The fourth-order valence-corrected chi connectivity index (χ4v) is 6.17. The maximum Gasteiger partial charge on any atom is 0.235 e. The molecule has 0 spiro atoms. The van der Waals surface area contributed by atoms with Gasteiger partial charge in [-0.05, 0) is 75.1 Å². The number of amides is 2. The van der Waals surface area contributed by atoms with E-state index in [0.29, 0.717) is 41.7 Å². The number of para-hydroxylation sites is 2. The highest BCUT2D eigenvalue weighted by atomic mass is 16.5. The minimum absolute atomic E-state index is 0.349. The third kappa shape index (κ3) is 8.11. The summed E-state index contributed by atoms with van der Waals surface area (Å²) < 4.78 is 12.0. The Bertz CT molecular complexity index is 1500. The number of carbonyl (C=O) groups is 3. The first-order chi connectivity index (χ1) is 21.6. The van der Waals surface area contributed by atoms with Gasteiger partial charge in [0.2, 0.25) is 11.8 Å². The highest BCUT2D eigenvalue weighted by molar-refractivity contribution is 6.10. The van der Waals surface area contributed by atoms with Crippen LogP contribution in [0.3, 0.4) is 0 Å². The van der Waals surface area contributed by atoms with E-state index in [4.69, 9.17) is 9.47 Å².